The highest BCUT2D eigenvalue weighted by Gasteiger charge is 2.32. The third-order valence-electron chi connectivity index (χ3n) is 5.43. The first-order chi connectivity index (χ1) is 16.7. The molecule has 0 spiro atoms. The molecule has 0 bridgehead atoms. The molecule has 0 unspecified atom stereocenters. The van der Waals surface area contributed by atoms with Gasteiger partial charge in [0.1, 0.15) is 17.0 Å². The Bertz CT molecular complexity index is 1270. The summed E-state index contributed by atoms with van der Waals surface area (Å²) < 4.78 is 50.9. The number of carbonyl (C=O) groups excluding carboxylic acids is 1. The Kier molecular flexibility index (Phi) is 7.62. The molecule has 2 aromatic heterocycles. The van der Waals surface area contributed by atoms with Gasteiger partial charge in [-0.2, -0.15) is 13.2 Å². The Balaban J connectivity index is 2.12. The Morgan fingerprint density at radius 1 is 1.00 bits per heavy atom. The van der Waals surface area contributed by atoms with E-state index in [0.717, 1.165) is 29.0 Å². The van der Waals surface area contributed by atoms with E-state index in [4.69, 9.17) is 9.47 Å². The summed E-state index contributed by atoms with van der Waals surface area (Å²) >= 11 is 0. The van der Waals surface area contributed by atoms with Crippen molar-refractivity contribution >= 4 is 11.8 Å². The van der Waals surface area contributed by atoms with Crippen molar-refractivity contribution in [3.63, 3.8) is 0 Å². The maximum atomic E-state index is 13.3. The average molecular weight is 502 g/mol. The number of anilines is 1. The monoisotopic (exact) mass is 501 g/mol. The molecule has 0 fully saturated rings. The summed E-state index contributed by atoms with van der Waals surface area (Å²) in [7, 11) is 1.57. The van der Waals surface area contributed by atoms with E-state index in [9.17, 15) is 18.0 Å². The highest BCUT2D eigenvalue weighted by atomic mass is 19.4. The number of carbonyl (C=O) groups is 1. The van der Waals surface area contributed by atoms with E-state index >= 15 is 0 Å². The molecule has 192 valence electrons. The molecule has 0 atom stereocenters. The van der Waals surface area contributed by atoms with Crippen LogP contribution in [0.2, 0.25) is 0 Å². The van der Waals surface area contributed by atoms with Crippen LogP contribution in [0.25, 0.3) is 11.1 Å². The van der Waals surface area contributed by atoms with Gasteiger partial charge in [-0.3, -0.25) is 14.9 Å². The summed E-state index contributed by atoms with van der Waals surface area (Å²) in [6.07, 6.45) is -2.38. The molecule has 0 saturated carbocycles. The molecule has 1 amide bonds. The lowest BCUT2D eigenvalue weighted by Crippen LogP contribution is -2.37. The fourth-order valence-electron chi connectivity index (χ4n) is 3.81. The van der Waals surface area contributed by atoms with Crippen molar-refractivity contribution < 1.29 is 27.4 Å². The molecular formula is C27H30F3N3O3. The van der Waals surface area contributed by atoms with Crippen molar-refractivity contribution in [2.75, 3.05) is 12.0 Å². The van der Waals surface area contributed by atoms with E-state index in [2.05, 4.69) is 9.97 Å². The van der Waals surface area contributed by atoms with Gasteiger partial charge in [0.15, 0.2) is 0 Å². The number of pyridine rings is 2. The van der Waals surface area contributed by atoms with Crippen molar-refractivity contribution in [2.45, 2.75) is 59.9 Å². The van der Waals surface area contributed by atoms with Gasteiger partial charge >= 0.3 is 12.3 Å². The topological polar surface area (TPSA) is 64.5 Å². The van der Waals surface area contributed by atoms with E-state index in [-0.39, 0.29) is 6.54 Å². The molecule has 0 saturated heterocycles. The summed E-state index contributed by atoms with van der Waals surface area (Å²) in [5, 5.41) is 0. The van der Waals surface area contributed by atoms with Crippen LogP contribution in [0.3, 0.4) is 0 Å². The van der Waals surface area contributed by atoms with E-state index in [1.807, 2.05) is 20.8 Å². The van der Waals surface area contributed by atoms with Gasteiger partial charge in [-0.25, -0.2) is 4.79 Å². The largest absolute Gasteiger partial charge is 0.496 e. The van der Waals surface area contributed by atoms with Gasteiger partial charge in [0, 0.05) is 29.2 Å². The van der Waals surface area contributed by atoms with Gasteiger partial charge in [-0.1, -0.05) is 6.07 Å². The normalized spacial score (nSPS) is 11.8. The Morgan fingerprint density at radius 2 is 1.69 bits per heavy atom. The Labute approximate surface area is 209 Å². The number of benzene rings is 1. The zero-order valence-corrected chi connectivity index (χ0v) is 21.4. The first-order valence-corrected chi connectivity index (χ1v) is 11.3. The minimum absolute atomic E-state index is 0.0738. The van der Waals surface area contributed by atoms with Gasteiger partial charge in [-0.15, -0.1) is 0 Å². The van der Waals surface area contributed by atoms with Crippen LogP contribution in [0.1, 0.15) is 48.8 Å². The number of alkyl halides is 3. The smallest absolute Gasteiger partial charge is 0.433 e. The van der Waals surface area contributed by atoms with Crippen LogP contribution in [0.4, 0.5) is 23.7 Å². The number of amides is 1. The second-order valence-corrected chi connectivity index (χ2v) is 9.60. The van der Waals surface area contributed by atoms with Crippen LogP contribution in [-0.2, 0) is 17.5 Å². The predicted octanol–water partition coefficient (Wildman–Crippen LogP) is 7.04. The van der Waals surface area contributed by atoms with Crippen LogP contribution < -0.4 is 9.64 Å². The summed E-state index contributed by atoms with van der Waals surface area (Å²) in [6.45, 7) is 10.9. The molecule has 0 aliphatic carbocycles. The summed E-state index contributed by atoms with van der Waals surface area (Å²) in [5.41, 5.74) is 2.56. The minimum atomic E-state index is -4.57. The van der Waals surface area contributed by atoms with Crippen molar-refractivity contribution in [2.24, 2.45) is 0 Å². The number of methoxy groups -OCH3 is 1. The van der Waals surface area contributed by atoms with E-state index < -0.39 is 23.6 Å². The molecule has 0 radical (unpaired) electrons. The van der Waals surface area contributed by atoms with Gasteiger partial charge in [-0.05, 0) is 82.5 Å². The highest BCUT2D eigenvalue weighted by molar-refractivity contribution is 5.89. The molecule has 3 rings (SSSR count). The zero-order valence-electron chi connectivity index (χ0n) is 21.4. The number of ether oxygens (including phenoxy) is 2. The molecule has 2 heterocycles. The third-order valence-corrected chi connectivity index (χ3v) is 5.43. The fraction of sp³-hybridized carbons (Fsp3) is 0.370. The van der Waals surface area contributed by atoms with E-state index in [1.54, 1.807) is 52.3 Å². The minimum Gasteiger partial charge on any atom is -0.496 e. The SMILES string of the molecule is COc1c(C)cnc(CN(C(=O)OC(C)(C)C)c2cc(C)cc(-c3ccnc(C(F)(F)F)c3)c2)c1C. The number of aryl methyl sites for hydroxylation is 2. The summed E-state index contributed by atoms with van der Waals surface area (Å²) in [6, 6.07) is 7.69. The number of nitrogens with zero attached hydrogens (tertiary/aromatic N) is 3. The van der Waals surface area contributed by atoms with Gasteiger partial charge in [0.05, 0.1) is 19.3 Å². The first kappa shape index (κ1) is 27.0. The second-order valence-electron chi connectivity index (χ2n) is 9.60. The number of rotatable bonds is 5. The maximum Gasteiger partial charge on any atom is 0.433 e. The lowest BCUT2D eigenvalue weighted by Gasteiger charge is -2.28. The van der Waals surface area contributed by atoms with Crippen LogP contribution >= 0.6 is 0 Å². The molecular weight excluding hydrogens is 471 g/mol. The van der Waals surface area contributed by atoms with Crippen LogP contribution in [0.15, 0.2) is 42.7 Å². The maximum absolute atomic E-state index is 13.3. The molecule has 9 heteroatoms. The van der Waals surface area contributed by atoms with Gasteiger partial charge in [0.25, 0.3) is 0 Å². The van der Waals surface area contributed by atoms with E-state index in [0.29, 0.717) is 28.3 Å². The van der Waals surface area contributed by atoms with Crippen molar-refractivity contribution in [3.05, 3.63) is 70.8 Å². The van der Waals surface area contributed by atoms with Crippen molar-refractivity contribution in [3.8, 4) is 16.9 Å². The van der Waals surface area contributed by atoms with Crippen molar-refractivity contribution in [1.29, 1.82) is 0 Å². The quantitative estimate of drug-likeness (QED) is 0.375. The van der Waals surface area contributed by atoms with Gasteiger partial charge < -0.3 is 9.47 Å². The predicted molar refractivity (Wildman–Crippen MR) is 132 cm³/mol. The molecule has 36 heavy (non-hydrogen) atoms. The second kappa shape index (κ2) is 10.2. The number of hydrogen-bond donors (Lipinski definition) is 0. The lowest BCUT2D eigenvalue weighted by molar-refractivity contribution is -0.141. The van der Waals surface area contributed by atoms with E-state index in [1.165, 1.54) is 11.0 Å². The number of aromatic nitrogens is 2. The average Bonchev–Trinajstić information content (AvgIpc) is 2.77. The molecule has 1 aromatic carbocycles. The number of halogens is 3. The van der Waals surface area contributed by atoms with Crippen LogP contribution in [0, 0.1) is 20.8 Å². The van der Waals surface area contributed by atoms with Crippen LogP contribution in [0.5, 0.6) is 5.75 Å². The molecule has 0 aliphatic heterocycles. The highest BCUT2D eigenvalue weighted by Crippen LogP contribution is 2.34. The Morgan fingerprint density at radius 3 is 2.31 bits per heavy atom. The van der Waals surface area contributed by atoms with Crippen LogP contribution in [-0.4, -0.2) is 28.8 Å². The fourth-order valence-corrected chi connectivity index (χ4v) is 3.81. The zero-order chi connectivity index (χ0) is 26.8. The summed E-state index contributed by atoms with van der Waals surface area (Å²) in [4.78, 5) is 22.7. The Hall–Kier alpha value is -3.62. The summed E-state index contributed by atoms with van der Waals surface area (Å²) in [5.74, 6) is 0.672. The molecule has 0 N–H and O–H groups in total. The molecule has 0 aliphatic rings. The molecule has 6 nitrogen and oxygen atoms in total. The lowest BCUT2D eigenvalue weighted by atomic mass is 10.0. The number of hydrogen-bond acceptors (Lipinski definition) is 5. The van der Waals surface area contributed by atoms with Crippen molar-refractivity contribution in [1.82, 2.24) is 9.97 Å². The van der Waals surface area contributed by atoms with Gasteiger partial charge in [0.2, 0.25) is 0 Å². The molecule has 3 aromatic rings. The standard InChI is InChI=1S/C27H30F3N3O3/c1-16-10-20(19-8-9-31-23(13-19)27(28,29)30)12-21(11-16)33(25(34)36-26(4,5)6)15-22-18(3)24(35-7)17(2)14-32-22/h8-14H,15H2,1-7H3. The third kappa shape index (κ3) is 6.33. The first-order valence-electron chi connectivity index (χ1n) is 11.3.